The number of pyridine rings is 1. The molecule has 0 fully saturated rings. The highest BCUT2D eigenvalue weighted by molar-refractivity contribution is 5.49. The minimum Gasteiger partial charge on any atom is -0.380 e. The molecular formula is C14H21N3O. The van der Waals surface area contributed by atoms with Crippen LogP contribution in [0.5, 0.6) is 0 Å². The van der Waals surface area contributed by atoms with Crippen LogP contribution in [0.4, 0.5) is 5.82 Å². The molecule has 4 nitrogen and oxygen atoms in total. The SMILES string of the molecule is COCC1=CCN(c2ncccc2[C@@H](C)N)CC1. The molecule has 1 atom stereocenters. The van der Waals surface area contributed by atoms with Crippen LogP contribution in [0.3, 0.4) is 0 Å². The van der Waals surface area contributed by atoms with Crippen LogP contribution < -0.4 is 10.6 Å². The summed E-state index contributed by atoms with van der Waals surface area (Å²) < 4.78 is 5.16. The first-order valence-corrected chi connectivity index (χ1v) is 6.34. The zero-order valence-corrected chi connectivity index (χ0v) is 11.1. The van der Waals surface area contributed by atoms with Crippen molar-refractivity contribution in [3.8, 4) is 0 Å². The van der Waals surface area contributed by atoms with Crippen LogP contribution >= 0.6 is 0 Å². The summed E-state index contributed by atoms with van der Waals surface area (Å²) >= 11 is 0. The molecule has 0 amide bonds. The molecule has 1 aromatic rings. The number of nitrogens with zero attached hydrogens (tertiary/aromatic N) is 2. The predicted molar refractivity (Wildman–Crippen MR) is 73.6 cm³/mol. The van der Waals surface area contributed by atoms with Gasteiger partial charge in [-0.15, -0.1) is 0 Å². The number of hydrogen-bond donors (Lipinski definition) is 1. The summed E-state index contributed by atoms with van der Waals surface area (Å²) in [6.07, 6.45) is 5.09. The lowest BCUT2D eigenvalue weighted by atomic mass is 10.1. The summed E-state index contributed by atoms with van der Waals surface area (Å²) in [5.41, 5.74) is 8.47. The van der Waals surface area contributed by atoms with Crippen molar-refractivity contribution in [2.45, 2.75) is 19.4 Å². The summed E-state index contributed by atoms with van der Waals surface area (Å²) in [6, 6.07) is 4.01. The zero-order valence-electron chi connectivity index (χ0n) is 11.1. The molecule has 1 aromatic heterocycles. The van der Waals surface area contributed by atoms with Gasteiger partial charge in [-0.1, -0.05) is 12.1 Å². The molecule has 2 heterocycles. The van der Waals surface area contributed by atoms with Gasteiger partial charge < -0.3 is 15.4 Å². The molecule has 18 heavy (non-hydrogen) atoms. The van der Waals surface area contributed by atoms with Gasteiger partial charge in [0.1, 0.15) is 5.82 Å². The summed E-state index contributed by atoms with van der Waals surface area (Å²) in [7, 11) is 1.74. The second-order valence-electron chi connectivity index (χ2n) is 4.70. The average molecular weight is 247 g/mol. The standard InChI is InChI=1S/C14H21N3O/c1-11(15)13-4-3-7-16-14(13)17-8-5-12(6-9-17)10-18-2/h3-5,7,11H,6,8-10,15H2,1-2H3/t11-/m1/s1. The Kier molecular flexibility index (Phi) is 4.33. The van der Waals surface area contributed by atoms with E-state index in [4.69, 9.17) is 10.5 Å². The maximum atomic E-state index is 5.99. The Hall–Kier alpha value is -1.39. The molecule has 0 spiro atoms. The highest BCUT2D eigenvalue weighted by Crippen LogP contribution is 2.25. The summed E-state index contributed by atoms with van der Waals surface area (Å²) in [5, 5.41) is 0. The second-order valence-corrected chi connectivity index (χ2v) is 4.70. The highest BCUT2D eigenvalue weighted by Gasteiger charge is 2.17. The molecule has 4 heteroatoms. The van der Waals surface area contributed by atoms with Crippen LogP contribution in [-0.4, -0.2) is 31.8 Å². The number of anilines is 1. The van der Waals surface area contributed by atoms with Crippen molar-refractivity contribution in [3.05, 3.63) is 35.5 Å². The van der Waals surface area contributed by atoms with Gasteiger partial charge in [-0.2, -0.15) is 0 Å². The van der Waals surface area contributed by atoms with Crippen LogP contribution in [0.2, 0.25) is 0 Å². The first-order chi connectivity index (χ1) is 8.72. The van der Waals surface area contributed by atoms with Gasteiger partial charge in [0.15, 0.2) is 0 Å². The number of aromatic nitrogens is 1. The molecule has 2 rings (SSSR count). The van der Waals surface area contributed by atoms with Gasteiger partial charge in [0.2, 0.25) is 0 Å². The van der Waals surface area contributed by atoms with Crippen LogP contribution in [0, 0.1) is 0 Å². The van der Waals surface area contributed by atoms with E-state index in [1.807, 2.05) is 19.2 Å². The fraction of sp³-hybridized carbons (Fsp3) is 0.500. The molecule has 1 aliphatic heterocycles. The first kappa shape index (κ1) is 13.1. The van der Waals surface area contributed by atoms with Crippen molar-refractivity contribution in [2.75, 3.05) is 31.7 Å². The maximum absolute atomic E-state index is 5.99. The predicted octanol–water partition coefficient (Wildman–Crippen LogP) is 1.88. The third-order valence-electron chi connectivity index (χ3n) is 3.24. The van der Waals surface area contributed by atoms with E-state index in [9.17, 15) is 0 Å². The van der Waals surface area contributed by atoms with E-state index in [1.54, 1.807) is 7.11 Å². The van der Waals surface area contributed by atoms with Crippen LogP contribution in [0.1, 0.15) is 24.9 Å². The smallest absolute Gasteiger partial charge is 0.133 e. The van der Waals surface area contributed by atoms with E-state index in [1.165, 1.54) is 5.57 Å². The molecule has 0 aliphatic carbocycles. The number of methoxy groups -OCH3 is 1. The summed E-state index contributed by atoms with van der Waals surface area (Å²) in [4.78, 5) is 6.76. The minimum absolute atomic E-state index is 0.0121. The molecule has 1 aliphatic rings. The number of hydrogen-bond acceptors (Lipinski definition) is 4. The van der Waals surface area contributed by atoms with Gasteiger partial charge >= 0.3 is 0 Å². The van der Waals surface area contributed by atoms with Gasteiger partial charge in [0.25, 0.3) is 0 Å². The Balaban J connectivity index is 2.14. The largest absolute Gasteiger partial charge is 0.380 e. The fourth-order valence-electron chi connectivity index (χ4n) is 2.25. The van der Waals surface area contributed by atoms with Crippen molar-refractivity contribution in [2.24, 2.45) is 5.73 Å². The molecular weight excluding hydrogens is 226 g/mol. The van der Waals surface area contributed by atoms with E-state index < -0.39 is 0 Å². The highest BCUT2D eigenvalue weighted by atomic mass is 16.5. The van der Waals surface area contributed by atoms with E-state index in [-0.39, 0.29) is 6.04 Å². The Labute approximate surface area is 108 Å². The lowest BCUT2D eigenvalue weighted by molar-refractivity contribution is 0.222. The van der Waals surface area contributed by atoms with Gasteiger partial charge in [0, 0.05) is 38.0 Å². The van der Waals surface area contributed by atoms with E-state index >= 15 is 0 Å². The lowest BCUT2D eigenvalue weighted by Gasteiger charge is -2.29. The Morgan fingerprint density at radius 1 is 1.56 bits per heavy atom. The minimum atomic E-state index is 0.0121. The van der Waals surface area contributed by atoms with Crippen molar-refractivity contribution in [1.82, 2.24) is 4.98 Å². The third kappa shape index (κ3) is 2.89. The Bertz CT molecular complexity index is 429. The van der Waals surface area contributed by atoms with Crippen LogP contribution in [-0.2, 0) is 4.74 Å². The molecule has 0 aromatic carbocycles. The molecule has 2 N–H and O–H groups in total. The first-order valence-electron chi connectivity index (χ1n) is 6.34. The number of rotatable bonds is 4. The zero-order chi connectivity index (χ0) is 13.0. The van der Waals surface area contributed by atoms with Crippen molar-refractivity contribution in [3.63, 3.8) is 0 Å². The van der Waals surface area contributed by atoms with Gasteiger partial charge in [0.05, 0.1) is 6.61 Å². The van der Waals surface area contributed by atoms with Crippen molar-refractivity contribution < 1.29 is 4.74 Å². The van der Waals surface area contributed by atoms with Gasteiger partial charge in [-0.3, -0.25) is 0 Å². The number of ether oxygens (including phenoxy) is 1. The fourth-order valence-corrected chi connectivity index (χ4v) is 2.25. The van der Waals surface area contributed by atoms with Crippen LogP contribution in [0.15, 0.2) is 30.0 Å². The molecule has 0 bridgehead atoms. The van der Waals surface area contributed by atoms with E-state index in [0.29, 0.717) is 0 Å². The Morgan fingerprint density at radius 2 is 2.39 bits per heavy atom. The summed E-state index contributed by atoms with van der Waals surface area (Å²) in [6.45, 7) is 4.59. The number of nitrogens with two attached hydrogens (primary N) is 1. The van der Waals surface area contributed by atoms with E-state index in [2.05, 4.69) is 22.0 Å². The van der Waals surface area contributed by atoms with E-state index in [0.717, 1.165) is 37.5 Å². The molecule has 0 saturated heterocycles. The van der Waals surface area contributed by atoms with Gasteiger partial charge in [-0.25, -0.2) is 4.98 Å². The third-order valence-corrected chi connectivity index (χ3v) is 3.24. The van der Waals surface area contributed by atoms with Gasteiger partial charge in [-0.05, 0) is 25.0 Å². The second kappa shape index (κ2) is 5.98. The van der Waals surface area contributed by atoms with Crippen LogP contribution in [0.25, 0.3) is 0 Å². The quantitative estimate of drug-likeness (QED) is 0.825. The normalized spacial score (nSPS) is 17.5. The van der Waals surface area contributed by atoms with Crippen molar-refractivity contribution in [1.29, 1.82) is 0 Å². The maximum Gasteiger partial charge on any atom is 0.133 e. The topological polar surface area (TPSA) is 51.4 Å². The lowest BCUT2D eigenvalue weighted by Crippen LogP contribution is -2.31. The monoisotopic (exact) mass is 247 g/mol. The Morgan fingerprint density at radius 3 is 3.00 bits per heavy atom. The molecule has 98 valence electrons. The summed E-state index contributed by atoms with van der Waals surface area (Å²) in [5.74, 6) is 1.01. The molecule has 0 unspecified atom stereocenters. The average Bonchev–Trinajstić information content (AvgIpc) is 2.40. The van der Waals surface area contributed by atoms with Crippen molar-refractivity contribution >= 4 is 5.82 Å². The molecule has 0 radical (unpaired) electrons. The molecule has 0 saturated carbocycles.